The van der Waals surface area contributed by atoms with Crippen LogP contribution in [-0.2, 0) is 6.54 Å². The van der Waals surface area contributed by atoms with Crippen LogP contribution in [-0.4, -0.2) is 22.7 Å². The molecule has 1 aromatic carbocycles. The second-order valence-electron chi connectivity index (χ2n) is 4.22. The largest absolute Gasteiger partial charge is 0.381 e. The normalized spacial score (nSPS) is 18.6. The lowest BCUT2D eigenvalue weighted by atomic mass is 10.1. The van der Waals surface area contributed by atoms with Crippen LogP contribution in [0.2, 0.25) is 0 Å². The third kappa shape index (κ3) is 1.84. The maximum absolute atomic E-state index is 4.78. The molecule has 1 aromatic heterocycles. The fraction of sp³-hybridized carbons (Fsp3) is 0.333. The van der Waals surface area contributed by atoms with E-state index >= 15 is 0 Å². The van der Waals surface area contributed by atoms with Gasteiger partial charge in [-0.15, -0.1) is 0 Å². The van der Waals surface area contributed by atoms with E-state index < -0.39 is 0 Å². The van der Waals surface area contributed by atoms with Gasteiger partial charge in [0.15, 0.2) is 5.82 Å². The van der Waals surface area contributed by atoms with Gasteiger partial charge in [0.2, 0.25) is 6.39 Å². The van der Waals surface area contributed by atoms with Crippen molar-refractivity contribution in [3.63, 3.8) is 0 Å². The van der Waals surface area contributed by atoms with Crippen molar-refractivity contribution in [2.24, 2.45) is 0 Å². The minimum atomic E-state index is 0.406. The van der Waals surface area contributed by atoms with Crippen molar-refractivity contribution in [1.82, 2.24) is 10.1 Å². The number of hydrogen-bond donors (Lipinski definition) is 1. The maximum Gasteiger partial charge on any atom is 0.213 e. The van der Waals surface area contributed by atoms with E-state index in [1.807, 2.05) is 12.1 Å². The van der Waals surface area contributed by atoms with Gasteiger partial charge in [-0.1, -0.05) is 17.3 Å². The van der Waals surface area contributed by atoms with Crippen LogP contribution < -0.4 is 10.2 Å². The molecule has 0 amide bonds. The van der Waals surface area contributed by atoms with E-state index in [2.05, 4.69) is 39.4 Å². The van der Waals surface area contributed by atoms with Gasteiger partial charge in [0.25, 0.3) is 0 Å². The van der Waals surface area contributed by atoms with E-state index in [0.29, 0.717) is 18.4 Å². The highest BCUT2D eigenvalue weighted by Crippen LogP contribution is 2.31. The number of hydrogen-bond acceptors (Lipinski definition) is 5. The van der Waals surface area contributed by atoms with Crippen LogP contribution in [0.1, 0.15) is 12.7 Å². The topological polar surface area (TPSA) is 54.2 Å². The molecule has 0 bridgehead atoms. The second-order valence-corrected chi connectivity index (χ2v) is 4.22. The standard InChI is InChI=1S/C12H14N4O/c1-9-6-13-10-4-2-3-5-11(10)16(9)7-12-14-8-17-15-12/h2-5,8-9,13H,6-7H2,1H3. The van der Waals surface area contributed by atoms with Crippen molar-refractivity contribution in [3.05, 3.63) is 36.5 Å². The summed E-state index contributed by atoms with van der Waals surface area (Å²) in [6.07, 6.45) is 1.37. The number of aromatic nitrogens is 2. The lowest BCUT2D eigenvalue weighted by Gasteiger charge is -2.36. The van der Waals surface area contributed by atoms with Crippen molar-refractivity contribution in [2.75, 3.05) is 16.8 Å². The summed E-state index contributed by atoms with van der Waals surface area (Å²) in [5.74, 6) is 0.716. The molecule has 0 fully saturated rings. The molecule has 5 heteroatoms. The van der Waals surface area contributed by atoms with Crippen LogP contribution >= 0.6 is 0 Å². The number of benzene rings is 1. The average molecular weight is 230 g/mol. The van der Waals surface area contributed by atoms with Gasteiger partial charge in [-0.25, -0.2) is 0 Å². The molecular formula is C12H14N4O. The van der Waals surface area contributed by atoms with Gasteiger partial charge in [-0.2, -0.15) is 4.98 Å². The molecular weight excluding hydrogens is 216 g/mol. The van der Waals surface area contributed by atoms with Crippen molar-refractivity contribution < 1.29 is 4.52 Å². The lowest BCUT2D eigenvalue weighted by Crippen LogP contribution is -2.41. The van der Waals surface area contributed by atoms with E-state index in [1.165, 1.54) is 12.1 Å². The first-order valence-corrected chi connectivity index (χ1v) is 5.69. The maximum atomic E-state index is 4.78. The molecule has 3 rings (SSSR count). The van der Waals surface area contributed by atoms with Gasteiger partial charge in [-0.3, -0.25) is 0 Å². The summed E-state index contributed by atoms with van der Waals surface area (Å²) >= 11 is 0. The van der Waals surface area contributed by atoms with Gasteiger partial charge in [-0.05, 0) is 19.1 Å². The molecule has 1 aliphatic rings. The Hall–Kier alpha value is -2.04. The van der Waals surface area contributed by atoms with Crippen LogP contribution in [0.4, 0.5) is 11.4 Å². The van der Waals surface area contributed by atoms with Gasteiger partial charge >= 0.3 is 0 Å². The molecule has 17 heavy (non-hydrogen) atoms. The van der Waals surface area contributed by atoms with Gasteiger partial charge in [0, 0.05) is 12.6 Å². The molecule has 0 saturated carbocycles. The van der Waals surface area contributed by atoms with Crippen molar-refractivity contribution in [3.8, 4) is 0 Å². The monoisotopic (exact) mass is 230 g/mol. The highest BCUT2D eigenvalue weighted by Gasteiger charge is 2.23. The molecule has 2 aromatic rings. The molecule has 0 aliphatic carbocycles. The molecule has 88 valence electrons. The van der Waals surface area contributed by atoms with E-state index in [9.17, 15) is 0 Å². The summed E-state index contributed by atoms with van der Waals surface area (Å²) in [6.45, 7) is 3.79. The molecule has 0 radical (unpaired) electrons. The smallest absolute Gasteiger partial charge is 0.213 e. The molecule has 1 atom stereocenters. The first-order chi connectivity index (χ1) is 8.34. The minimum Gasteiger partial charge on any atom is -0.381 e. The third-order valence-corrected chi connectivity index (χ3v) is 3.05. The summed E-state index contributed by atoms with van der Waals surface area (Å²) in [5, 5.41) is 7.29. The Morgan fingerprint density at radius 1 is 1.47 bits per heavy atom. The van der Waals surface area contributed by atoms with Gasteiger partial charge < -0.3 is 14.7 Å². The Bertz CT molecular complexity index is 497. The fourth-order valence-corrected chi connectivity index (χ4v) is 2.13. The highest BCUT2D eigenvalue weighted by molar-refractivity contribution is 5.72. The summed E-state index contributed by atoms with van der Waals surface area (Å²) < 4.78 is 4.78. The Morgan fingerprint density at radius 2 is 2.35 bits per heavy atom. The molecule has 2 heterocycles. The fourth-order valence-electron chi connectivity index (χ4n) is 2.13. The zero-order chi connectivity index (χ0) is 11.7. The Kier molecular flexibility index (Phi) is 2.44. The molecule has 5 nitrogen and oxygen atoms in total. The quantitative estimate of drug-likeness (QED) is 0.853. The second kappa shape index (κ2) is 4.08. The van der Waals surface area contributed by atoms with Crippen molar-refractivity contribution in [1.29, 1.82) is 0 Å². The van der Waals surface area contributed by atoms with Crippen LogP contribution in [0, 0.1) is 0 Å². The zero-order valence-corrected chi connectivity index (χ0v) is 9.63. The first kappa shape index (κ1) is 10.1. The summed E-state index contributed by atoms with van der Waals surface area (Å²) in [4.78, 5) is 6.37. The molecule has 0 saturated heterocycles. The molecule has 1 aliphatic heterocycles. The number of rotatable bonds is 2. The molecule has 1 N–H and O–H groups in total. The van der Waals surface area contributed by atoms with E-state index in [-0.39, 0.29) is 0 Å². The van der Waals surface area contributed by atoms with Crippen LogP contribution in [0.3, 0.4) is 0 Å². The van der Waals surface area contributed by atoms with Crippen LogP contribution in [0.25, 0.3) is 0 Å². The number of para-hydroxylation sites is 2. The number of fused-ring (bicyclic) bond motifs is 1. The van der Waals surface area contributed by atoms with E-state index in [1.54, 1.807) is 0 Å². The van der Waals surface area contributed by atoms with Crippen molar-refractivity contribution in [2.45, 2.75) is 19.5 Å². The highest BCUT2D eigenvalue weighted by atomic mass is 16.5. The summed E-state index contributed by atoms with van der Waals surface area (Å²) in [6, 6.07) is 8.68. The lowest BCUT2D eigenvalue weighted by molar-refractivity contribution is 0.408. The van der Waals surface area contributed by atoms with E-state index in [4.69, 9.17) is 4.52 Å². The van der Waals surface area contributed by atoms with Crippen molar-refractivity contribution >= 4 is 11.4 Å². The Labute approximate surface area is 99.4 Å². The average Bonchev–Trinajstić information content (AvgIpc) is 2.86. The summed E-state index contributed by atoms with van der Waals surface area (Å²) in [5.41, 5.74) is 2.35. The van der Waals surface area contributed by atoms with Gasteiger partial charge in [0.1, 0.15) is 0 Å². The summed E-state index contributed by atoms with van der Waals surface area (Å²) in [7, 11) is 0. The first-order valence-electron chi connectivity index (χ1n) is 5.69. The Balaban J connectivity index is 1.92. The Morgan fingerprint density at radius 3 is 3.18 bits per heavy atom. The zero-order valence-electron chi connectivity index (χ0n) is 9.63. The van der Waals surface area contributed by atoms with Crippen LogP contribution in [0.5, 0.6) is 0 Å². The molecule has 1 unspecified atom stereocenters. The van der Waals surface area contributed by atoms with E-state index in [0.717, 1.165) is 12.2 Å². The molecule has 0 spiro atoms. The van der Waals surface area contributed by atoms with Gasteiger partial charge in [0.05, 0.1) is 17.9 Å². The van der Waals surface area contributed by atoms with Crippen LogP contribution in [0.15, 0.2) is 35.2 Å². The number of nitrogens with one attached hydrogen (secondary N) is 1. The number of anilines is 2. The number of nitrogens with zero attached hydrogens (tertiary/aromatic N) is 3. The SMILES string of the molecule is CC1CNc2ccccc2N1Cc1ncon1. The minimum absolute atomic E-state index is 0.406. The third-order valence-electron chi connectivity index (χ3n) is 3.05. The predicted octanol–water partition coefficient (Wildman–Crippen LogP) is 1.89. The predicted molar refractivity (Wildman–Crippen MR) is 64.9 cm³/mol.